The first-order valence-electron chi connectivity index (χ1n) is 4.73. The molecule has 0 amide bonds. The van der Waals surface area contributed by atoms with Gasteiger partial charge in [-0.25, -0.2) is 0 Å². The highest BCUT2D eigenvalue weighted by molar-refractivity contribution is 5.59. The molecule has 0 spiro atoms. The Morgan fingerprint density at radius 3 is 2.69 bits per heavy atom. The zero-order valence-corrected chi connectivity index (χ0v) is 8.16. The molecular formula is C13H16. The van der Waals surface area contributed by atoms with E-state index in [1.807, 2.05) is 6.08 Å². The van der Waals surface area contributed by atoms with E-state index in [2.05, 4.69) is 49.9 Å². The van der Waals surface area contributed by atoms with E-state index in [0.29, 0.717) is 0 Å². The average molecular weight is 172 g/mol. The molecule has 68 valence electrons. The molecule has 1 aromatic carbocycles. The van der Waals surface area contributed by atoms with Gasteiger partial charge in [0.05, 0.1) is 0 Å². The van der Waals surface area contributed by atoms with Crippen LogP contribution in [0, 0.1) is 0 Å². The summed E-state index contributed by atoms with van der Waals surface area (Å²) in [6.07, 6.45) is 8.45. The van der Waals surface area contributed by atoms with Crippen LogP contribution in [0.5, 0.6) is 0 Å². The molecule has 0 fully saturated rings. The molecule has 0 aromatic heterocycles. The van der Waals surface area contributed by atoms with Crippen LogP contribution in [-0.2, 0) is 6.42 Å². The average Bonchev–Trinajstić information content (AvgIpc) is 2.66. The molecule has 1 aliphatic rings. The highest BCUT2D eigenvalue weighted by atomic mass is 14.0. The smallest absolute Gasteiger partial charge is 0.00882 e. The summed E-state index contributed by atoms with van der Waals surface area (Å²) in [5, 5.41) is 0. The van der Waals surface area contributed by atoms with Gasteiger partial charge in [-0.05, 0) is 24.0 Å². The van der Waals surface area contributed by atoms with Crippen LogP contribution in [0.25, 0.3) is 6.08 Å². The monoisotopic (exact) mass is 172 g/mol. The number of rotatable bonds is 1. The Bertz CT molecular complexity index is 295. The van der Waals surface area contributed by atoms with Crippen LogP contribution in [0.1, 0.15) is 24.5 Å². The number of fused-ring (bicyclic) bond motifs is 1. The Balaban J connectivity index is 0.000000184. The lowest BCUT2D eigenvalue weighted by Gasteiger charge is -1.93. The second kappa shape index (κ2) is 5.36. The topological polar surface area (TPSA) is 0 Å². The Hall–Kier alpha value is -1.30. The van der Waals surface area contributed by atoms with Crippen molar-refractivity contribution in [2.75, 3.05) is 0 Å². The first-order valence-corrected chi connectivity index (χ1v) is 4.73. The minimum Gasteiger partial charge on any atom is -0.103 e. The highest BCUT2D eigenvalue weighted by Crippen LogP contribution is 2.17. The molecule has 0 bridgehead atoms. The fourth-order valence-electron chi connectivity index (χ4n) is 1.20. The van der Waals surface area contributed by atoms with Gasteiger partial charge in [-0.2, -0.15) is 0 Å². The SMILES string of the molecule is C1=Cc2ccccc2C1.C=CCC. The van der Waals surface area contributed by atoms with Gasteiger partial charge in [0.15, 0.2) is 0 Å². The summed E-state index contributed by atoms with van der Waals surface area (Å²) in [5.74, 6) is 0. The Labute approximate surface area is 80.6 Å². The van der Waals surface area contributed by atoms with Crippen LogP contribution in [0.15, 0.2) is 43.0 Å². The van der Waals surface area contributed by atoms with E-state index in [4.69, 9.17) is 0 Å². The molecule has 2 rings (SSSR count). The largest absolute Gasteiger partial charge is 0.103 e. The highest BCUT2D eigenvalue weighted by Gasteiger charge is 2.00. The Kier molecular flexibility index (Phi) is 4.04. The van der Waals surface area contributed by atoms with E-state index in [1.54, 1.807) is 0 Å². The molecule has 0 radical (unpaired) electrons. The maximum Gasteiger partial charge on any atom is -0.00882 e. The summed E-state index contributed by atoms with van der Waals surface area (Å²) in [5.41, 5.74) is 2.84. The number of hydrogen-bond donors (Lipinski definition) is 0. The van der Waals surface area contributed by atoms with Crippen LogP contribution in [0.3, 0.4) is 0 Å². The van der Waals surface area contributed by atoms with Crippen molar-refractivity contribution in [3.63, 3.8) is 0 Å². The fraction of sp³-hybridized carbons (Fsp3) is 0.231. The minimum atomic E-state index is 1.08. The second-order valence-electron chi connectivity index (χ2n) is 3.00. The zero-order chi connectivity index (χ0) is 9.52. The van der Waals surface area contributed by atoms with Gasteiger partial charge < -0.3 is 0 Å². The van der Waals surface area contributed by atoms with Gasteiger partial charge in [-0.3, -0.25) is 0 Å². The molecule has 0 unspecified atom stereocenters. The van der Waals surface area contributed by atoms with E-state index in [0.717, 1.165) is 12.8 Å². The van der Waals surface area contributed by atoms with Gasteiger partial charge in [0.1, 0.15) is 0 Å². The maximum absolute atomic E-state index is 3.48. The van der Waals surface area contributed by atoms with Crippen molar-refractivity contribution in [2.24, 2.45) is 0 Å². The molecule has 0 N–H and O–H groups in total. The molecule has 0 saturated heterocycles. The summed E-state index contributed by atoms with van der Waals surface area (Å²) in [7, 11) is 0. The van der Waals surface area contributed by atoms with Gasteiger partial charge in [0, 0.05) is 0 Å². The van der Waals surface area contributed by atoms with E-state index in [9.17, 15) is 0 Å². The standard InChI is InChI=1S/C9H8.C4H8/c1-2-5-9-7-3-6-8(9)4-1;1-3-4-2/h1-6H,7H2;3H,1,4H2,2H3. The van der Waals surface area contributed by atoms with Crippen molar-refractivity contribution in [1.82, 2.24) is 0 Å². The molecule has 0 heteroatoms. The van der Waals surface area contributed by atoms with Crippen LogP contribution in [0.4, 0.5) is 0 Å². The summed E-state index contributed by atoms with van der Waals surface area (Å²) >= 11 is 0. The normalized spacial score (nSPS) is 11.5. The third kappa shape index (κ3) is 2.90. The van der Waals surface area contributed by atoms with Crippen molar-refractivity contribution in [3.05, 3.63) is 54.1 Å². The van der Waals surface area contributed by atoms with Crippen molar-refractivity contribution < 1.29 is 0 Å². The molecular weight excluding hydrogens is 156 g/mol. The van der Waals surface area contributed by atoms with Gasteiger partial charge in [-0.15, -0.1) is 6.58 Å². The Morgan fingerprint density at radius 1 is 1.38 bits per heavy atom. The zero-order valence-electron chi connectivity index (χ0n) is 8.16. The number of hydrogen-bond acceptors (Lipinski definition) is 0. The van der Waals surface area contributed by atoms with Crippen LogP contribution < -0.4 is 0 Å². The predicted octanol–water partition coefficient (Wildman–Crippen LogP) is 3.84. The van der Waals surface area contributed by atoms with Crippen LogP contribution >= 0.6 is 0 Å². The lowest BCUT2D eigenvalue weighted by Crippen LogP contribution is -1.76. The van der Waals surface area contributed by atoms with Crippen molar-refractivity contribution in [3.8, 4) is 0 Å². The summed E-state index contributed by atoms with van der Waals surface area (Å²) in [6, 6.07) is 8.49. The summed E-state index contributed by atoms with van der Waals surface area (Å²) in [6.45, 7) is 5.54. The Morgan fingerprint density at radius 2 is 2.08 bits per heavy atom. The molecule has 1 aliphatic carbocycles. The third-order valence-electron chi connectivity index (χ3n) is 1.98. The van der Waals surface area contributed by atoms with E-state index in [-0.39, 0.29) is 0 Å². The van der Waals surface area contributed by atoms with Gasteiger partial charge in [-0.1, -0.05) is 49.4 Å². The van der Waals surface area contributed by atoms with Crippen LogP contribution in [-0.4, -0.2) is 0 Å². The molecule has 13 heavy (non-hydrogen) atoms. The number of allylic oxidation sites excluding steroid dienone is 2. The van der Waals surface area contributed by atoms with Gasteiger partial charge in [0.2, 0.25) is 0 Å². The molecule has 0 nitrogen and oxygen atoms in total. The quantitative estimate of drug-likeness (QED) is 0.565. The van der Waals surface area contributed by atoms with Gasteiger partial charge >= 0.3 is 0 Å². The molecule has 0 atom stereocenters. The lowest BCUT2D eigenvalue weighted by atomic mass is 10.1. The second-order valence-corrected chi connectivity index (χ2v) is 3.00. The minimum absolute atomic E-state index is 1.08. The third-order valence-corrected chi connectivity index (χ3v) is 1.98. The molecule has 0 heterocycles. The van der Waals surface area contributed by atoms with Crippen molar-refractivity contribution in [2.45, 2.75) is 19.8 Å². The summed E-state index contributed by atoms with van der Waals surface area (Å²) < 4.78 is 0. The maximum atomic E-state index is 3.48. The van der Waals surface area contributed by atoms with Gasteiger partial charge in [0.25, 0.3) is 0 Å². The molecule has 0 saturated carbocycles. The lowest BCUT2D eigenvalue weighted by molar-refractivity contribution is 1.23. The van der Waals surface area contributed by atoms with E-state index >= 15 is 0 Å². The van der Waals surface area contributed by atoms with E-state index in [1.165, 1.54) is 11.1 Å². The first-order chi connectivity index (χ1) is 6.38. The molecule has 0 aliphatic heterocycles. The fourth-order valence-corrected chi connectivity index (χ4v) is 1.20. The first kappa shape index (κ1) is 9.79. The van der Waals surface area contributed by atoms with E-state index < -0.39 is 0 Å². The van der Waals surface area contributed by atoms with Crippen molar-refractivity contribution in [1.29, 1.82) is 0 Å². The predicted molar refractivity (Wildman–Crippen MR) is 59.7 cm³/mol. The van der Waals surface area contributed by atoms with Crippen LogP contribution in [0.2, 0.25) is 0 Å². The summed E-state index contributed by atoms with van der Waals surface area (Å²) in [4.78, 5) is 0. The number of benzene rings is 1. The van der Waals surface area contributed by atoms with Crippen molar-refractivity contribution >= 4 is 6.08 Å². The molecule has 1 aromatic rings.